The zero-order chi connectivity index (χ0) is 38.2. The maximum atomic E-state index is 6.37. The predicted octanol–water partition coefficient (Wildman–Crippen LogP) is 15.9. The van der Waals surface area contributed by atoms with Gasteiger partial charge in [0, 0.05) is 69.9 Å². The van der Waals surface area contributed by atoms with Crippen LogP contribution >= 0.6 is 11.3 Å². The Labute approximate surface area is 338 Å². The quantitative estimate of drug-likeness (QED) is 0.168. The molecule has 3 aromatic heterocycles. The van der Waals surface area contributed by atoms with E-state index >= 15 is 0 Å². The number of thiophene rings is 1. The summed E-state index contributed by atoms with van der Waals surface area (Å²) in [5.41, 5.74) is 13.3. The first-order valence-electron chi connectivity index (χ1n) is 19.7. The third-order valence-electron chi connectivity index (χ3n) is 11.6. The number of hydrogen-bond donors (Lipinski definition) is 0. The third kappa shape index (κ3) is 5.12. The Morgan fingerprint density at radius 1 is 0.397 bits per heavy atom. The van der Waals surface area contributed by atoms with Crippen LogP contribution in [-0.4, -0.2) is 4.57 Å². The van der Waals surface area contributed by atoms with Crippen molar-refractivity contribution >= 4 is 92.3 Å². The Morgan fingerprint density at radius 3 is 1.81 bits per heavy atom. The van der Waals surface area contributed by atoms with Crippen LogP contribution in [0.3, 0.4) is 0 Å². The SMILES string of the molecule is c1ccc(-c2cc3sc4ccccc4c3cc2N(c2ccc3oc4ccccc4c3c2)c2ccc3c(c2)c2cccc(-c4ccccc4)c2n3-c2ccccc2)cc1. The van der Waals surface area contributed by atoms with E-state index in [1.807, 2.05) is 17.4 Å². The van der Waals surface area contributed by atoms with Crippen LogP contribution in [0.5, 0.6) is 0 Å². The number of anilines is 3. The van der Waals surface area contributed by atoms with Gasteiger partial charge in [-0.15, -0.1) is 11.3 Å². The second-order valence-corrected chi connectivity index (χ2v) is 16.0. The highest BCUT2D eigenvalue weighted by Crippen LogP contribution is 2.48. The highest BCUT2D eigenvalue weighted by molar-refractivity contribution is 7.25. The van der Waals surface area contributed by atoms with Gasteiger partial charge in [-0.2, -0.15) is 0 Å². The molecule has 3 heterocycles. The summed E-state index contributed by atoms with van der Waals surface area (Å²) in [6.45, 7) is 0. The lowest BCUT2D eigenvalue weighted by Gasteiger charge is -2.28. The van der Waals surface area contributed by atoms with E-state index in [4.69, 9.17) is 4.42 Å². The fourth-order valence-electron chi connectivity index (χ4n) is 8.97. The van der Waals surface area contributed by atoms with E-state index in [9.17, 15) is 0 Å². The number of para-hydroxylation sites is 3. The van der Waals surface area contributed by atoms with Crippen molar-refractivity contribution in [2.24, 2.45) is 0 Å². The van der Waals surface area contributed by atoms with Gasteiger partial charge in [-0.3, -0.25) is 0 Å². The Kier molecular flexibility index (Phi) is 7.40. The van der Waals surface area contributed by atoms with Gasteiger partial charge >= 0.3 is 0 Å². The zero-order valence-electron chi connectivity index (χ0n) is 31.3. The fraction of sp³-hybridized carbons (Fsp3) is 0. The molecule has 58 heavy (non-hydrogen) atoms. The third-order valence-corrected chi connectivity index (χ3v) is 12.7. The number of rotatable bonds is 6. The van der Waals surface area contributed by atoms with Crippen molar-refractivity contribution in [3.8, 4) is 27.9 Å². The summed E-state index contributed by atoms with van der Waals surface area (Å²) in [5.74, 6) is 0. The Balaban J connectivity index is 1.19. The summed E-state index contributed by atoms with van der Waals surface area (Å²) < 4.78 is 11.4. The minimum absolute atomic E-state index is 0.877. The van der Waals surface area contributed by atoms with Gasteiger partial charge in [-0.05, 0) is 83.9 Å². The number of benzene rings is 9. The molecule has 4 heteroatoms. The molecule has 0 aliphatic heterocycles. The van der Waals surface area contributed by atoms with Gasteiger partial charge in [-0.1, -0.05) is 133 Å². The maximum absolute atomic E-state index is 6.37. The lowest BCUT2D eigenvalue weighted by Crippen LogP contribution is -2.11. The molecule has 0 bridgehead atoms. The predicted molar refractivity (Wildman–Crippen MR) is 247 cm³/mol. The topological polar surface area (TPSA) is 21.3 Å². The second kappa shape index (κ2) is 13.1. The van der Waals surface area contributed by atoms with Gasteiger partial charge in [-0.25, -0.2) is 0 Å². The maximum Gasteiger partial charge on any atom is 0.135 e. The molecule has 9 aromatic carbocycles. The first-order valence-corrected chi connectivity index (χ1v) is 20.5. The largest absolute Gasteiger partial charge is 0.456 e. The van der Waals surface area contributed by atoms with Crippen LogP contribution < -0.4 is 4.90 Å². The average molecular weight is 759 g/mol. The highest BCUT2D eigenvalue weighted by atomic mass is 32.1. The molecule has 0 amide bonds. The van der Waals surface area contributed by atoms with E-state index in [0.717, 1.165) is 50.2 Å². The van der Waals surface area contributed by atoms with Crippen LogP contribution in [0.4, 0.5) is 17.1 Å². The van der Waals surface area contributed by atoms with Crippen LogP contribution in [0.15, 0.2) is 211 Å². The molecular weight excluding hydrogens is 725 g/mol. The summed E-state index contributed by atoms with van der Waals surface area (Å²) in [4.78, 5) is 2.46. The minimum Gasteiger partial charge on any atom is -0.456 e. The van der Waals surface area contributed by atoms with Crippen LogP contribution in [0.2, 0.25) is 0 Å². The van der Waals surface area contributed by atoms with Gasteiger partial charge in [0.25, 0.3) is 0 Å². The molecule has 0 N–H and O–H groups in total. The molecule has 0 saturated heterocycles. The molecule has 0 spiro atoms. The summed E-state index contributed by atoms with van der Waals surface area (Å²) >= 11 is 1.86. The monoisotopic (exact) mass is 758 g/mol. The number of hydrogen-bond acceptors (Lipinski definition) is 3. The van der Waals surface area contributed by atoms with Crippen molar-refractivity contribution in [3.63, 3.8) is 0 Å². The molecule has 0 aliphatic carbocycles. The van der Waals surface area contributed by atoms with Crippen molar-refractivity contribution in [2.75, 3.05) is 4.90 Å². The van der Waals surface area contributed by atoms with Crippen molar-refractivity contribution in [1.82, 2.24) is 4.57 Å². The molecule has 272 valence electrons. The Morgan fingerprint density at radius 2 is 1.02 bits per heavy atom. The van der Waals surface area contributed by atoms with Crippen LogP contribution in [0, 0.1) is 0 Å². The van der Waals surface area contributed by atoms with E-state index in [1.165, 1.54) is 58.7 Å². The zero-order valence-corrected chi connectivity index (χ0v) is 32.2. The van der Waals surface area contributed by atoms with Crippen molar-refractivity contribution in [3.05, 3.63) is 206 Å². The van der Waals surface area contributed by atoms with Gasteiger partial charge < -0.3 is 13.9 Å². The van der Waals surface area contributed by atoms with E-state index in [-0.39, 0.29) is 0 Å². The van der Waals surface area contributed by atoms with Crippen LogP contribution in [-0.2, 0) is 0 Å². The highest BCUT2D eigenvalue weighted by Gasteiger charge is 2.24. The molecule has 0 unspecified atom stereocenters. The smallest absolute Gasteiger partial charge is 0.135 e. The van der Waals surface area contributed by atoms with Crippen molar-refractivity contribution in [2.45, 2.75) is 0 Å². The first kappa shape index (κ1) is 32.8. The number of furan rings is 1. The normalized spacial score (nSPS) is 11.8. The fourth-order valence-corrected chi connectivity index (χ4v) is 10.1. The molecule has 0 saturated carbocycles. The Bertz CT molecular complexity index is 3510. The van der Waals surface area contributed by atoms with Gasteiger partial charge in [0.05, 0.1) is 16.7 Å². The molecule has 12 aromatic rings. The lowest BCUT2D eigenvalue weighted by atomic mass is 9.98. The lowest BCUT2D eigenvalue weighted by molar-refractivity contribution is 0.669. The molecule has 3 nitrogen and oxygen atoms in total. The molecule has 0 fully saturated rings. The molecular formula is C54H34N2OS. The molecule has 12 rings (SSSR count). The minimum atomic E-state index is 0.877. The summed E-state index contributed by atoms with van der Waals surface area (Å²) in [7, 11) is 0. The van der Waals surface area contributed by atoms with E-state index < -0.39 is 0 Å². The molecule has 0 radical (unpaired) electrons. The first-order chi connectivity index (χ1) is 28.8. The van der Waals surface area contributed by atoms with E-state index in [1.54, 1.807) is 0 Å². The summed E-state index contributed by atoms with van der Waals surface area (Å²) in [6.07, 6.45) is 0. The number of fused-ring (bicyclic) bond motifs is 9. The van der Waals surface area contributed by atoms with Crippen LogP contribution in [0.1, 0.15) is 0 Å². The molecule has 0 aliphatic rings. The Hall–Kier alpha value is -7.40. The van der Waals surface area contributed by atoms with E-state index in [0.29, 0.717) is 0 Å². The van der Waals surface area contributed by atoms with Gasteiger partial charge in [0.2, 0.25) is 0 Å². The molecule has 0 atom stereocenters. The summed E-state index contributed by atoms with van der Waals surface area (Å²) in [6, 6.07) is 74.6. The standard InChI is InChI=1S/C54H34N2OS/c1-4-15-35(16-5-1)40-23-14-24-43-45-31-38(27-29-48(45)56(54(40)43)37-19-8-3-9-20-37)55(39-28-30-51-46(32-39)41-21-10-12-25-50(41)57-51)49-33-47-42-22-11-13-26-52(42)58-53(47)34-44(49)36-17-6-2-7-18-36/h1-34H. The van der Waals surface area contributed by atoms with Gasteiger partial charge in [0.15, 0.2) is 0 Å². The van der Waals surface area contributed by atoms with Crippen molar-refractivity contribution < 1.29 is 4.42 Å². The van der Waals surface area contributed by atoms with E-state index in [2.05, 4.69) is 210 Å². The van der Waals surface area contributed by atoms with Crippen LogP contribution in [0.25, 0.3) is 91.9 Å². The van der Waals surface area contributed by atoms with Gasteiger partial charge in [0.1, 0.15) is 11.2 Å². The second-order valence-electron chi connectivity index (χ2n) is 14.9. The number of aromatic nitrogens is 1. The number of nitrogens with zero attached hydrogens (tertiary/aromatic N) is 2. The summed E-state index contributed by atoms with van der Waals surface area (Å²) in [5, 5.41) is 7.13. The van der Waals surface area contributed by atoms with Crippen molar-refractivity contribution in [1.29, 1.82) is 0 Å². The average Bonchev–Trinajstić information content (AvgIpc) is 3.96.